The first-order chi connectivity index (χ1) is 16.6. The average Bonchev–Trinajstić information content (AvgIpc) is 2.85. The summed E-state index contributed by atoms with van der Waals surface area (Å²) >= 11 is 0. The van der Waals surface area contributed by atoms with Gasteiger partial charge >= 0.3 is 0 Å². The summed E-state index contributed by atoms with van der Waals surface area (Å²) in [6, 6.07) is 7.90. The van der Waals surface area contributed by atoms with Gasteiger partial charge in [0.05, 0.1) is 24.9 Å². The summed E-state index contributed by atoms with van der Waals surface area (Å²) in [7, 11) is 0. The Hall–Kier alpha value is -3.33. The lowest BCUT2D eigenvalue weighted by atomic mass is 9.85. The molecule has 1 fully saturated rings. The lowest BCUT2D eigenvalue weighted by molar-refractivity contribution is 0.237. The molecule has 2 heterocycles. The zero-order chi connectivity index (χ0) is 23.8. The van der Waals surface area contributed by atoms with Crippen LogP contribution in [0.1, 0.15) is 57.1 Å². The third-order valence-electron chi connectivity index (χ3n) is 6.18. The maximum absolute atomic E-state index is 13.3. The fourth-order valence-corrected chi connectivity index (χ4v) is 4.39. The van der Waals surface area contributed by atoms with Gasteiger partial charge < -0.3 is 21.1 Å². The van der Waals surface area contributed by atoms with Gasteiger partial charge in [0.15, 0.2) is 0 Å². The summed E-state index contributed by atoms with van der Waals surface area (Å²) in [5, 5.41) is 19.9. The zero-order valence-electron chi connectivity index (χ0n) is 19.4. The van der Waals surface area contributed by atoms with Crippen LogP contribution in [0, 0.1) is 11.7 Å². The molecular formula is C25H32FN7O. The van der Waals surface area contributed by atoms with Crippen molar-refractivity contribution in [2.45, 2.75) is 57.5 Å². The molecule has 0 amide bonds. The van der Waals surface area contributed by atoms with Crippen LogP contribution >= 0.6 is 0 Å². The summed E-state index contributed by atoms with van der Waals surface area (Å²) in [6.45, 7) is 1.99. The molecule has 0 unspecified atom stereocenters. The van der Waals surface area contributed by atoms with Crippen LogP contribution in [0.15, 0.2) is 48.9 Å². The molecule has 1 aliphatic rings. The molecule has 1 saturated carbocycles. The average molecular weight is 466 g/mol. The van der Waals surface area contributed by atoms with Crippen LogP contribution in [0.5, 0.6) is 0 Å². The van der Waals surface area contributed by atoms with Crippen molar-refractivity contribution >= 4 is 23.4 Å². The molecule has 8 nitrogen and oxygen atoms in total. The van der Waals surface area contributed by atoms with Gasteiger partial charge in [0, 0.05) is 18.5 Å². The molecule has 1 aromatic carbocycles. The summed E-state index contributed by atoms with van der Waals surface area (Å²) in [4.78, 5) is 17.6. The van der Waals surface area contributed by atoms with Crippen LogP contribution in [-0.4, -0.2) is 37.7 Å². The highest BCUT2D eigenvalue weighted by molar-refractivity contribution is 5.58. The molecule has 0 bridgehead atoms. The van der Waals surface area contributed by atoms with Gasteiger partial charge in [-0.1, -0.05) is 44.2 Å². The topological polar surface area (TPSA) is 108 Å². The Morgan fingerprint density at radius 3 is 2.47 bits per heavy atom. The lowest BCUT2D eigenvalue weighted by Crippen LogP contribution is -2.28. The number of halogens is 1. The van der Waals surface area contributed by atoms with Gasteiger partial charge in [-0.2, -0.15) is 9.97 Å². The van der Waals surface area contributed by atoms with Crippen molar-refractivity contribution in [1.82, 2.24) is 19.9 Å². The first-order valence-corrected chi connectivity index (χ1v) is 11.9. The highest BCUT2D eigenvalue weighted by Gasteiger charge is 2.20. The number of hydrogen-bond acceptors (Lipinski definition) is 8. The SMILES string of the molecule is C[C@H](Nc1nc(Nc2cnccn2)cc(N[C@H](CO)CC2CCCCC2)n1)c1ccc(F)cc1. The van der Waals surface area contributed by atoms with Crippen LogP contribution < -0.4 is 16.0 Å². The third kappa shape index (κ3) is 6.84. The monoisotopic (exact) mass is 465 g/mol. The van der Waals surface area contributed by atoms with E-state index in [-0.39, 0.29) is 24.5 Å². The smallest absolute Gasteiger partial charge is 0.227 e. The van der Waals surface area contributed by atoms with Gasteiger partial charge in [-0.25, -0.2) is 9.37 Å². The normalized spacial score (nSPS) is 16.0. The van der Waals surface area contributed by atoms with E-state index in [1.165, 1.54) is 44.2 Å². The van der Waals surface area contributed by atoms with Gasteiger partial charge in [0.2, 0.25) is 5.95 Å². The number of benzene rings is 1. The Morgan fingerprint density at radius 2 is 1.76 bits per heavy atom. The van der Waals surface area contributed by atoms with Crippen molar-refractivity contribution in [3.8, 4) is 0 Å². The zero-order valence-corrected chi connectivity index (χ0v) is 19.4. The van der Waals surface area contributed by atoms with Crippen molar-refractivity contribution in [2.24, 2.45) is 5.92 Å². The second-order valence-corrected chi connectivity index (χ2v) is 8.86. The molecule has 9 heteroatoms. The van der Waals surface area contributed by atoms with E-state index in [0.717, 1.165) is 12.0 Å². The fourth-order valence-electron chi connectivity index (χ4n) is 4.39. The molecule has 4 N–H and O–H groups in total. The van der Waals surface area contributed by atoms with E-state index >= 15 is 0 Å². The number of anilines is 4. The molecule has 3 aromatic rings. The highest BCUT2D eigenvalue weighted by atomic mass is 19.1. The Morgan fingerprint density at radius 1 is 1.00 bits per heavy atom. The van der Waals surface area contributed by atoms with Gasteiger partial charge in [0.1, 0.15) is 23.3 Å². The summed E-state index contributed by atoms with van der Waals surface area (Å²) < 4.78 is 13.3. The highest BCUT2D eigenvalue weighted by Crippen LogP contribution is 2.29. The molecule has 4 rings (SSSR count). The minimum absolute atomic E-state index is 0.0299. The number of aliphatic hydroxyl groups excluding tert-OH is 1. The molecule has 2 atom stereocenters. The number of rotatable bonds is 10. The second kappa shape index (κ2) is 11.7. The van der Waals surface area contributed by atoms with Crippen LogP contribution in [0.25, 0.3) is 0 Å². The Labute approximate surface area is 199 Å². The number of aromatic nitrogens is 4. The van der Waals surface area contributed by atoms with Crippen LogP contribution in [0.4, 0.5) is 27.8 Å². The minimum atomic E-state index is -0.276. The predicted molar refractivity (Wildman–Crippen MR) is 131 cm³/mol. The van der Waals surface area contributed by atoms with Crippen LogP contribution in [0.2, 0.25) is 0 Å². The van der Waals surface area contributed by atoms with Gasteiger partial charge in [-0.05, 0) is 37.0 Å². The molecule has 180 valence electrons. The second-order valence-electron chi connectivity index (χ2n) is 8.86. The Balaban J connectivity index is 1.53. The van der Waals surface area contributed by atoms with Gasteiger partial charge in [0.25, 0.3) is 0 Å². The van der Waals surface area contributed by atoms with Crippen molar-refractivity contribution in [3.05, 3.63) is 60.3 Å². The maximum atomic E-state index is 13.3. The van der Waals surface area contributed by atoms with E-state index in [1.807, 2.05) is 6.92 Å². The van der Waals surface area contributed by atoms with Crippen molar-refractivity contribution < 1.29 is 9.50 Å². The summed E-state index contributed by atoms with van der Waals surface area (Å²) in [5.74, 6) is 2.45. The largest absolute Gasteiger partial charge is 0.394 e. The molecule has 0 saturated heterocycles. The molecule has 0 aliphatic heterocycles. The fraction of sp³-hybridized carbons (Fsp3) is 0.440. The summed E-state index contributed by atoms with van der Waals surface area (Å²) in [5.41, 5.74) is 0.914. The van der Waals surface area contributed by atoms with Crippen LogP contribution in [-0.2, 0) is 0 Å². The van der Waals surface area contributed by atoms with Gasteiger partial charge in [-0.3, -0.25) is 4.98 Å². The molecular weight excluding hydrogens is 433 g/mol. The number of nitrogens with zero attached hydrogens (tertiary/aromatic N) is 4. The quantitative estimate of drug-likeness (QED) is 0.329. The first-order valence-electron chi connectivity index (χ1n) is 11.9. The maximum Gasteiger partial charge on any atom is 0.227 e. The first kappa shape index (κ1) is 23.8. The van der Waals surface area contributed by atoms with Crippen molar-refractivity contribution in [1.29, 1.82) is 0 Å². The van der Waals surface area contributed by atoms with Crippen LogP contribution in [0.3, 0.4) is 0 Å². The molecule has 0 spiro atoms. The number of hydrogen-bond donors (Lipinski definition) is 4. The van der Waals surface area contributed by atoms with E-state index < -0.39 is 0 Å². The summed E-state index contributed by atoms with van der Waals surface area (Å²) in [6.07, 6.45) is 12.0. The molecule has 1 aliphatic carbocycles. The van der Waals surface area contributed by atoms with Crippen molar-refractivity contribution in [2.75, 3.05) is 22.6 Å². The predicted octanol–water partition coefficient (Wildman–Crippen LogP) is 5.07. The molecule has 2 aromatic heterocycles. The number of aliphatic hydroxyl groups is 1. The standard InChI is InChI=1S/C25H32FN7O/c1-17(19-7-9-20(26)10-8-19)29-25-32-22(14-23(33-25)31-24-15-27-11-12-28-24)30-21(16-34)13-18-5-3-2-4-6-18/h7-12,14-15,17-18,21,34H,2-6,13,16H2,1H3,(H3,28,29,30,31,32,33)/t17-,21-/m0/s1. The van der Waals surface area contributed by atoms with E-state index in [2.05, 4.69) is 35.9 Å². The van der Waals surface area contributed by atoms with Gasteiger partial charge in [-0.15, -0.1) is 0 Å². The van der Waals surface area contributed by atoms with E-state index in [4.69, 9.17) is 0 Å². The van der Waals surface area contributed by atoms with Crippen molar-refractivity contribution in [3.63, 3.8) is 0 Å². The minimum Gasteiger partial charge on any atom is -0.394 e. The Kier molecular flexibility index (Phi) is 8.19. The Bertz CT molecular complexity index is 1030. The lowest BCUT2D eigenvalue weighted by Gasteiger charge is -2.26. The van der Waals surface area contributed by atoms with E-state index in [9.17, 15) is 9.50 Å². The molecule has 34 heavy (non-hydrogen) atoms. The number of nitrogens with one attached hydrogen (secondary N) is 3. The molecule has 0 radical (unpaired) electrons. The third-order valence-corrected chi connectivity index (χ3v) is 6.18. The van der Waals surface area contributed by atoms with E-state index in [0.29, 0.717) is 29.3 Å². The van der Waals surface area contributed by atoms with E-state index in [1.54, 1.807) is 36.8 Å².